The zero-order chi connectivity index (χ0) is 18.4. The highest BCUT2D eigenvalue weighted by Gasteiger charge is 2.15. The van der Waals surface area contributed by atoms with Crippen molar-refractivity contribution in [1.82, 2.24) is 0 Å². The van der Waals surface area contributed by atoms with Crippen LogP contribution in [0.5, 0.6) is 5.75 Å². The molecule has 0 aliphatic heterocycles. The number of non-ortho nitro benzene ring substituents is 1. The van der Waals surface area contributed by atoms with Gasteiger partial charge in [0, 0.05) is 30.7 Å². The van der Waals surface area contributed by atoms with Crippen molar-refractivity contribution in [1.29, 1.82) is 0 Å². The van der Waals surface area contributed by atoms with E-state index in [1.807, 2.05) is 13.0 Å². The summed E-state index contributed by atoms with van der Waals surface area (Å²) in [5.74, 6) is -0.120. The lowest BCUT2D eigenvalue weighted by Crippen LogP contribution is -2.14. The minimum absolute atomic E-state index is 0.0145. The maximum atomic E-state index is 12.3. The number of hydrogen-bond donors (Lipinski definition) is 1. The van der Waals surface area contributed by atoms with Crippen LogP contribution < -0.4 is 10.1 Å². The van der Waals surface area contributed by atoms with Crippen LogP contribution in [0.15, 0.2) is 42.5 Å². The van der Waals surface area contributed by atoms with Gasteiger partial charge in [-0.05, 0) is 25.1 Å². The highest BCUT2D eigenvalue weighted by atomic mass is 16.6. The summed E-state index contributed by atoms with van der Waals surface area (Å²) in [6.07, 6.45) is -0.0147. The zero-order valence-corrected chi connectivity index (χ0v) is 13.9. The lowest BCUT2D eigenvalue weighted by atomic mass is 10.0. The van der Waals surface area contributed by atoms with E-state index < -0.39 is 4.92 Å². The third-order valence-corrected chi connectivity index (χ3v) is 3.58. The Bertz CT molecular complexity index is 817. The molecule has 0 atom stereocenters. The largest absolute Gasteiger partial charge is 0.496 e. The number of nitro benzene ring substituents is 1. The van der Waals surface area contributed by atoms with Crippen molar-refractivity contribution in [3.05, 3.63) is 63.7 Å². The molecule has 0 fully saturated rings. The highest BCUT2D eigenvalue weighted by molar-refractivity contribution is 6.01. The van der Waals surface area contributed by atoms with Gasteiger partial charge in [-0.3, -0.25) is 19.7 Å². The van der Waals surface area contributed by atoms with Crippen LogP contribution in [0.4, 0.5) is 11.4 Å². The second kappa shape index (κ2) is 8.05. The van der Waals surface area contributed by atoms with Crippen molar-refractivity contribution in [2.45, 2.75) is 19.8 Å². The number of aryl methyl sites for hydroxylation is 1. The van der Waals surface area contributed by atoms with Gasteiger partial charge in [-0.15, -0.1) is 0 Å². The van der Waals surface area contributed by atoms with Gasteiger partial charge in [0.2, 0.25) is 5.91 Å². The number of anilines is 1. The molecule has 1 N–H and O–H groups in total. The molecule has 7 nitrogen and oxygen atoms in total. The average molecular weight is 342 g/mol. The van der Waals surface area contributed by atoms with Crippen LogP contribution in [0, 0.1) is 17.0 Å². The molecule has 1 amide bonds. The molecule has 130 valence electrons. The maximum absolute atomic E-state index is 12.3. The Morgan fingerprint density at radius 2 is 1.92 bits per heavy atom. The van der Waals surface area contributed by atoms with Crippen molar-refractivity contribution >= 4 is 23.1 Å². The first-order chi connectivity index (χ1) is 11.9. The molecule has 0 aliphatic carbocycles. The van der Waals surface area contributed by atoms with Crippen LogP contribution in [0.3, 0.4) is 0 Å². The molecule has 0 bridgehead atoms. The minimum atomic E-state index is -0.538. The molecule has 7 heteroatoms. The van der Waals surface area contributed by atoms with E-state index >= 15 is 0 Å². The first kappa shape index (κ1) is 18.1. The average Bonchev–Trinajstić information content (AvgIpc) is 2.59. The smallest absolute Gasteiger partial charge is 0.271 e. The minimum Gasteiger partial charge on any atom is -0.496 e. The molecule has 0 aromatic heterocycles. The zero-order valence-electron chi connectivity index (χ0n) is 13.9. The van der Waals surface area contributed by atoms with Crippen LogP contribution >= 0.6 is 0 Å². The molecule has 0 saturated heterocycles. The summed E-state index contributed by atoms with van der Waals surface area (Å²) in [5.41, 5.74) is 1.56. The second-order valence-electron chi connectivity index (χ2n) is 5.48. The van der Waals surface area contributed by atoms with E-state index in [1.54, 1.807) is 18.2 Å². The number of carbonyl (C=O) groups is 2. The van der Waals surface area contributed by atoms with Crippen molar-refractivity contribution in [2.24, 2.45) is 0 Å². The summed E-state index contributed by atoms with van der Waals surface area (Å²) in [5, 5.41) is 13.3. The third kappa shape index (κ3) is 4.87. The number of hydrogen-bond acceptors (Lipinski definition) is 5. The number of ether oxygens (including phenoxy) is 1. The molecular formula is C18H18N2O5. The highest BCUT2D eigenvalue weighted by Crippen LogP contribution is 2.22. The number of nitro groups is 1. The quantitative estimate of drug-likeness (QED) is 0.471. The molecular weight excluding hydrogens is 324 g/mol. The standard InChI is InChI=1S/C18H18N2O5/c1-12-6-8-17(25-2)15(10-12)16(21)7-9-18(22)19-13-4-3-5-14(11-13)20(23)24/h3-6,8,10-11H,7,9H2,1-2H3,(H,19,22). The molecule has 2 aromatic rings. The Balaban J connectivity index is 1.98. The number of carbonyl (C=O) groups excluding carboxylic acids is 2. The molecule has 0 radical (unpaired) electrons. The van der Waals surface area contributed by atoms with Gasteiger partial charge < -0.3 is 10.1 Å². The number of methoxy groups -OCH3 is 1. The van der Waals surface area contributed by atoms with E-state index in [4.69, 9.17) is 4.74 Å². The van der Waals surface area contributed by atoms with E-state index in [0.717, 1.165) is 5.56 Å². The molecule has 0 unspecified atom stereocenters. The van der Waals surface area contributed by atoms with Crippen molar-refractivity contribution in [2.75, 3.05) is 12.4 Å². The van der Waals surface area contributed by atoms with Crippen molar-refractivity contribution in [3.63, 3.8) is 0 Å². The summed E-state index contributed by atoms with van der Waals surface area (Å²) in [4.78, 5) is 34.5. The Labute approximate surface area is 144 Å². The number of benzene rings is 2. The van der Waals surface area contributed by atoms with Gasteiger partial charge in [-0.1, -0.05) is 17.7 Å². The van der Waals surface area contributed by atoms with Crippen LogP contribution in [0.25, 0.3) is 0 Å². The monoisotopic (exact) mass is 342 g/mol. The van der Waals surface area contributed by atoms with E-state index in [2.05, 4.69) is 5.32 Å². The van der Waals surface area contributed by atoms with E-state index in [-0.39, 0.29) is 30.2 Å². The van der Waals surface area contributed by atoms with Crippen LogP contribution in [0.2, 0.25) is 0 Å². The lowest BCUT2D eigenvalue weighted by molar-refractivity contribution is -0.384. The maximum Gasteiger partial charge on any atom is 0.271 e. The van der Waals surface area contributed by atoms with Crippen molar-refractivity contribution in [3.8, 4) is 5.75 Å². The number of rotatable bonds is 7. The van der Waals surface area contributed by atoms with Gasteiger partial charge >= 0.3 is 0 Å². The summed E-state index contributed by atoms with van der Waals surface area (Å²) in [7, 11) is 1.48. The molecule has 0 heterocycles. The summed E-state index contributed by atoms with van der Waals surface area (Å²) < 4.78 is 5.17. The first-order valence-electron chi connectivity index (χ1n) is 7.63. The van der Waals surface area contributed by atoms with Crippen LogP contribution in [0.1, 0.15) is 28.8 Å². The number of nitrogens with zero attached hydrogens (tertiary/aromatic N) is 1. The second-order valence-corrected chi connectivity index (χ2v) is 5.48. The van der Waals surface area contributed by atoms with Gasteiger partial charge in [0.15, 0.2) is 5.78 Å². The topological polar surface area (TPSA) is 98.5 Å². The first-order valence-corrected chi connectivity index (χ1v) is 7.63. The number of amides is 1. The Hall–Kier alpha value is -3.22. The molecule has 2 rings (SSSR count). The SMILES string of the molecule is COc1ccc(C)cc1C(=O)CCC(=O)Nc1cccc([N+](=O)[O-])c1. The number of nitrogens with one attached hydrogen (secondary N) is 1. The Morgan fingerprint density at radius 1 is 1.16 bits per heavy atom. The van der Waals surface area contributed by atoms with Crippen LogP contribution in [-0.2, 0) is 4.79 Å². The Kier molecular flexibility index (Phi) is 5.84. The van der Waals surface area contributed by atoms with Gasteiger partial charge in [0.05, 0.1) is 17.6 Å². The number of Topliss-reactive ketones (excluding diaryl/α,β-unsaturated/α-hetero) is 1. The normalized spacial score (nSPS) is 10.2. The third-order valence-electron chi connectivity index (χ3n) is 3.58. The summed E-state index contributed by atoms with van der Waals surface area (Å²) >= 11 is 0. The summed E-state index contributed by atoms with van der Waals surface area (Å²) in [6, 6.07) is 10.9. The van der Waals surface area contributed by atoms with E-state index in [0.29, 0.717) is 17.0 Å². The molecule has 2 aromatic carbocycles. The van der Waals surface area contributed by atoms with E-state index in [1.165, 1.54) is 25.3 Å². The number of ketones is 1. The summed E-state index contributed by atoms with van der Waals surface area (Å²) in [6.45, 7) is 1.87. The van der Waals surface area contributed by atoms with Gasteiger partial charge in [-0.2, -0.15) is 0 Å². The van der Waals surface area contributed by atoms with Gasteiger partial charge in [-0.25, -0.2) is 0 Å². The molecule has 0 spiro atoms. The van der Waals surface area contributed by atoms with Crippen molar-refractivity contribution < 1.29 is 19.2 Å². The molecule has 0 aliphatic rings. The predicted molar refractivity (Wildman–Crippen MR) is 93.0 cm³/mol. The van der Waals surface area contributed by atoms with Gasteiger partial charge in [0.1, 0.15) is 5.75 Å². The van der Waals surface area contributed by atoms with Crippen LogP contribution in [-0.4, -0.2) is 23.7 Å². The predicted octanol–water partition coefficient (Wildman–Crippen LogP) is 3.51. The fourth-order valence-corrected chi connectivity index (χ4v) is 2.32. The lowest BCUT2D eigenvalue weighted by Gasteiger charge is -2.09. The van der Waals surface area contributed by atoms with Gasteiger partial charge in [0.25, 0.3) is 5.69 Å². The van der Waals surface area contributed by atoms with E-state index in [9.17, 15) is 19.7 Å². The molecule has 0 saturated carbocycles. The fraction of sp³-hybridized carbons (Fsp3) is 0.222. The molecule has 25 heavy (non-hydrogen) atoms. The Morgan fingerprint density at radius 3 is 2.60 bits per heavy atom. The fourth-order valence-electron chi connectivity index (χ4n) is 2.32.